The second-order valence-corrected chi connectivity index (χ2v) is 11.7. The number of halogens is 1. The van der Waals surface area contributed by atoms with Crippen LogP contribution in [0.3, 0.4) is 0 Å². The Bertz CT molecular complexity index is 1570. The summed E-state index contributed by atoms with van der Waals surface area (Å²) in [5.74, 6) is 0.310. The van der Waals surface area contributed by atoms with E-state index in [1.165, 1.54) is 19.4 Å². The minimum atomic E-state index is -0.764. The molecule has 0 saturated carbocycles. The number of aliphatic hydroxyl groups is 2. The third kappa shape index (κ3) is 8.46. The second-order valence-electron chi connectivity index (χ2n) is 10.6. The predicted octanol–water partition coefficient (Wildman–Crippen LogP) is 3.96. The van der Waals surface area contributed by atoms with Gasteiger partial charge in [0.05, 0.1) is 43.6 Å². The summed E-state index contributed by atoms with van der Waals surface area (Å²) in [6.07, 6.45) is 7.88. The highest BCUT2D eigenvalue weighted by atomic mass is 32.1. The maximum Gasteiger partial charge on any atom is 0.267 e. The van der Waals surface area contributed by atoms with Crippen LogP contribution in [0.25, 0.3) is 11.3 Å². The fraction of sp³-hybridized carbons (Fsp3) is 0.375. The van der Waals surface area contributed by atoms with Gasteiger partial charge in [-0.1, -0.05) is 30.1 Å². The average molecular weight is 653 g/mol. The number of allylic oxidation sites excluding steroid dienone is 4. The lowest BCUT2D eigenvalue weighted by atomic mass is 10.1. The van der Waals surface area contributed by atoms with Gasteiger partial charge >= 0.3 is 0 Å². The SMILES string of the molecule is C=C(F)/C(=C\C=C/C)NC(=O)c1cnc(Nc2nc(-c3cnc(N4CCN(C)C(C)C4)c(N(CCO)CCO)c3)ccc2OC)s1. The number of hydrogen-bond donors (Lipinski definition) is 4. The number of rotatable bonds is 14. The van der Waals surface area contributed by atoms with E-state index in [0.717, 1.165) is 48.0 Å². The Morgan fingerprint density at radius 1 is 1.24 bits per heavy atom. The monoisotopic (exact) mass is 652 g/mol. The van der Waals surface area contributed by atoms with Crippen LogP contribution in [0.4, 0.5) is 26.8 Å². The first-order valence-corrected chi connectivity index (χ1v) is 15.7. The average Bonchev–Trinajstić information content (AvgIpc) is 3.52. The molecule has 1 amide bonds. The first-order valence-electron chi connectivity index (χ1n) is 14.9. The van der Waals surface area contributed by atoms with E-state index in [0.29, 0.717) is 41.5 Å². The van der Waals surface area contributed by atoms with E-state index in [9.17, 15) is 19.4 Å². The molecule has 1 saturated heterocycles. The molecule has 1 aliphatic rings. The van der Waals surface area contributed by atoms with Crippen LogP contribution >= 0.6 is 11.3 Å². The van der Waals surface area contributed by atoms with Gasteiger partial charge in [0.2, 0.25) is 0 Å². The molecule has 12 nitrogen and oxygen atoms in total. The van der Waals surface area contributed by atoms with Crippen molar-refractivity contribution in [1.82, 2.24) is 25.2 Å². The number of piperazine rings is 1. The summed E-state index contributed by atoms with van der Waals surface area (Å²) in [4.78, 5) is 33.5. The van der Waals surface area contributed by atoms with Crippen molar-refractivity contribution in [2.45, 2.75) is 19.9 Å². The fourth-order valence-corrected chi connectivity index (χ4v) is 5.58. The number of pyridine rings is 2. The number of aromatic nitrogens is 3. The number of carbonyl (C=O) groups is 1. The molecule has 1 aliphatic heterocycles. The molecule has 1 fully saturated rings. The van der Waals surface area contributed by atoms with E-state index in [1.54, 1.807) is 31.3 Å². The molecule has 246 valence electrons. The standard InChI is InChI=1S/C32H41FN8O4S/c1-6-7-8-24(22(3)33)37-31(44)28-19-35-32(46-28)38-29-27(45-5)10-9-25(36-29)23-17-26(40(13-15-42)14-16-43)30(34-18-23)41-12-11-39(4)21(2)20-41/h6-10,17-19,21,42-43H,3,11-16,20H2,1-2,4-5H3,(H,37,44)(H,35,36,38)/b7-6-,24-8+. The highest BCUT2D eigenvalue weighted by molar-refractivity contribution is 7.17. The van der Waals surface area contributed by atoms with E-state index < -0.39 is 11.7 Å². The fourth-order valence-electron chi connectivity index (χ4n) is 4.87. The number of thiazole rings is 1. The summed E-state index contributed by atoms with van der Waals surface area (Å²) in [5.41, 5.74) is 2.07. The van der Waals surface area contributed by atoms with E-state index >= 15 is 0 Å². The summed E-state index contributed by atoms with van der Waals surface area (Å²) in [6, 6.07) is 5.89. The molecule has 0 radical (unpaired) electrons. The first kappa shape index (κ1) is 34.5. The van der Waals surface area contributed by atoms with Gasteiger partial charge < -0.3 is 40.3 Å². The van der Waals surface area contributed by atoms with Crippen LogP contribution in [0.15, 0.2) is 66.9 Å². The number of amides is 1. The largest absolute Gasteiger partial charge is 0.493 e. The molecular formula is C32H41FN8O4S. The Hall–Kier alpha value is -4.37. The molecule has 14 heteroatoms. The van der Waals surface area contributed by atoms with Crippen LogP contribution in [-0.4, -0.2) is 102 Å². The number of carbonyl (C=O) groups excluding carboxylic acids is 1. The topological polar surface area (TPSA) is 139 Å². The first-order chi connectivity index (χ1) is 22.2. The van der Waals surface area contributed by atoms with Gasteiger partial charge in [-0.3, -0.25) is 4.79 Å². The molecule has 3 aromatic heterocycles. The molecule has 0 spiro atoms. The molecule has 3 aromatic rings. The van der Waals surface area contributed by atoms with Gasteiger partial charge in [-0.2, -0.15) is 0 Å². The Labute approximate surface area is 272 Å². The van der Waals surface area contributed by atoms with Gasteiger partial charge in [-0.25, -0.2) is 19.3 Å². The van der Waals surface area contributed by atoms with Crippen molar-refractivity contribution >= 4 is 39.7 Å². The third-order valence-corrected chi connectivity index (χ3v) is 8.42. The Morgan fingerprint density at radius 2 is 2.00 bits per heavy atom. The molecular weight excluding hydrogens is 611 g/mol. The van der Waals surface area contributed by atoms with E-state index in [1.807, 2.05) is 17.0 Å². The molecule has 4 N–H and O–H groups in total. The number of aliphatic hydroxyl groups excluding tert-OH is 2. The van der Waals surface area contributed by atoms with Crippen LogP contribution in [0.2, 0.25) is 0 Å². The van der Waals surface area contributed by atoms with E-state index in [2.05, 4.69) is 46.0 Å². The summed E-state index contributed by atoms with van der Waals surface area (Å²) in [6.45, 7) is 10.2. The highest BCUT2D eigenvalue weighted by Gasteiger charge is 2.26. The molecule has 4 rings (SSSR count). The molecule has 0 aromatic carbocycles. The quantitative estimate of drug-likeness (QED) is 0.188. The number of anilines is 4. The van der Waals surface area contributed by atoms with Gasteiger partial charge in [0.25, 0.3) is 5.91 Å². The van der Waals surface area contributed by atoms with Crippen molar-refractivity contribution in [3.05, 3.63) is 71.8 Å². The lowest BCUT2D eigenvalue weighted by molar-refractivity contribution is 0.0969. The zero-order chi connectivity index (χ0) is 33.2. The Balaban J connectivity index is 1.64. The van der Waals surface area contributed by atoms with Crippen molar-refractivity contribution in [2.24, 2.45) is 0 Å². The summed E-state index contributed by atoms with van der Waals surface area (Å²) >= 11 is 1.07. The lowest BCUT2D eigenvalue weighted by Crippen LogP contribution is -2.50. The Morgan fingerprint density at radius 3 is 2.65 bits per heavy atom. The summed E-state index contributed by atoms with van der Waals surface area (Å²) in [5, 5.41) is 25.6. The maximum atomic E-state index is 13.8. The van der Waals surface area contributed by atoms with Gasteiger partial charge in [0.1, 0.15) is 10.7 Å². The van der Waals surface area contributed by atoms with Crippen molar-refractivity contribution < 1.29 is 24.1 Å². The Kier molecular flexibility index (Phi) is 12.2. The van der Waals surface area contributed by atoms with Crippen molar-refractivity contribution in [3.8, 4) is 17.0 Å². The molecule has 1 atom stereocenters. The van der Waals surface area contributed by atoms with E-state index in [4.69, 9.17) is 14.7 Å². The number of nitrogens with zero attached hydrogens (tertiary/aromatic N) is 6. The van der Waals surface area contributed by atoms with Crippen LogP contribution in [0.5, 0.6) is 5.75 Å². The van der Waals surface area contributed by atoms with Gasteiger partial charge in [0, 0.05) is 50.5 Å². The number of methoxy groups -OCH3 is 1. The number of nitrogens with one attached hydrogen (secondary N) is 2. The van der Waals surface area contributed by atoms with Crippen molar-refractivity contribution in [1.29, 1.82) is 0 Å². The zero-order valence-corrected chi connectivity index (χ0v) is 27.3. The third-order valence-electron chi connectivity index (χ3n) is 7.51. The van der Waals surface area contributed by atoms with Gasteiger partial charge in [0.15, 0.2) is 22.5 Å². The minimum Gasteiger partial charge on any atom is -0.493 e. The van der Waals surface area contributed by atoms with Crippen molar-refractivity contribution in [2.75, 3.05) is 75.2 Å². The molecule has 0 aliphatic carbocycles. The van der Waals surface area contributed by atoms with Gasteiger partial charge in [-0.15, -0.1) is 0 Å². The van der Waals surface area contributed by atoms with Crippen molar-refractivity contribution in [3.63, 3.8) is 0 Å². The molecule has 1 unspecified atom stereocenters. The lowest BCUT2D eigenvalue weighted by Gasteiger charge is -2.40. The van der Waals surface area contributed by atoms with Crippen LogP contribution < -0.4 is 25.2 Å². The minimum absolute atomic E-state index is 0.0419. The molecule has 0 bridgehead atoms. The predicted molar refractivity (Wildman–Crippen MR) is 181 cm³/mol. The smallest absolute Gasteiger partial charge is 0.267 e. The highest BCUT2D eigenvalue weighted by Crippen LogP contribution is 2.35. The maximum absolute atomic E-state index is 13.8. The normalized spacial score (nSPS) is 15.7. The van der Waals surface area contributed by atoms with E-state index in [-0.39, 0.29) is 23.8 Å². The number of hydrogen-bond acceptors (Lipinski definition) is 12. The van der Waals surface area contributed by atoms with Gasteiger partial charge in [-0.05, 0) is 45.2 Å². The van der Waals surface area contributed by atoms with Crippen LogP contribution in [0, 0.1) is 0 Å². The zero-order valence-electron chi connectivity index (χ0n) is 26.5. The molecule has 4 heterocycles. The van der Waals surface area contributed by atoms with Crippen LogP contribution in [-0.2, 0) is 0 Å². The summed E-state index contributed by atoms with van der Waals surface area (Å²) < 4.78 is 19.4. The summed E-state index contributed by atoms with van der Waals surface area (Å²) in [7, 11) is 3.63. The number of ether oxygens (including phenoxy) is 1. The second kappa shape index (κ2) is 16.3. The number of likely N-dealkylation sites (N-methyl/N-ethyl adjacent to an activating group) is 1. The molecule has 46 heavy (non-hydrogen) atoms. The van der Waals surface area contributed by atoms with Crippen LogP contribution in [0.1, 0.15) is 23.5 Å².